The lowest BCUT2D eigenvalue weighted by Gasteiger charge is -2.35. The average Bonchev–Trinajstić information content (AvgIpc) is 2.86. The number of rotatable bonds is 6. The zero-order valence-electron chi connectivity index (χ0n) is 18.2. The molecule has 168 valence electrons. The van der Waals surface area contributed by atoms with Crippen molar-refractivity contribution < 1.29 is 9.90 Å². The van der Waals surface area contributed by atoms with Crippen LogP contribution in [0.1, 0.15) is 5.56 Å². The lowest BCUT2D eigenvalue weighted by atomic mass is 10.2. The zero-order chi connectivity index (χ0) is 22.9. The number of benzene rings is 3. The molecule has 3 aromatic rings. The molecule has 0 atom stereocenters. The molecule has 1 fully saturated rings. The minimum absolute atomic E-state index is 0.00884. The highest BCUT2D eigenvalue weighted by Crippen LogP contribution is 2.19. The summed E-state index contributed by atoms with van der Waals surface area (Å²) in [5.41, 5.74) is 4.79. The van der Waals surface area contributed by atoms with Gasteiger partial charge in [-0.3, -0.25) is 9.69 Å². The van der Waals surface area contributed by atoms with Crippen LogP contribution in [-0.4, -0.2) is 54.5 Å². The molecule has 0 bridgehead atoms. The largest absolute Gasteiger partial charge is 0.507 e. The highest BCUT2D eigenvalue weighted by atomic mass is 16.3. The second kappa shape index (κ2) is 11.0. The number of hydrogen-bond acceptors (Lipinski definition) is 6. The number of anilines is 1. The molecule has 4 rings (SSSR count). The van der Waals surface area contributed by atoms with E-state index in [1.807, 2.05) is 36.4 Å². The van der Waals surface area contributed by atoms with Crippen LogP contribution in [0.15, 0.2) is 100 Å². The molecule has 8 nitrogen and oxygen atoms in total. The molecule has 33 heavy (non-hydrogen) atoms. The fourth-order valence-corrected chi connectivity index (χ4v) is 3.56. The maximum Gasteiger partial charge on any atom is 0.254 e. The standard InChI is InChI=1S/C25H26N6O2/c32-23-14-8-7-13-22(23)25(28-26-20-9-3-1-4-10-20)29-27-24(33)19-30-15-17-31(18-16-30)21-11-5-2-6-12-21/h1-14,32H,15-19H2,(H,27,33)/b28-26?,29-25-. The molecule has 0 aliphatic carbocycles. The fourth-order valence-electron chi connectivity index (χ4n) is 3.56. The summed E-state index contributed by atoms with van der Waals surface area (Å²) in [6, 6.07) is 26.1. The SMILES string of the molecule is O=C(CN1CCN(c2ccccc2)CC1)N/N=C(\N=Nc1ccccc1)c1ccccc1O. The molecule has 8 heteroatoms. The smallest absolute Gasteiger partial charge is 0.254 e. The minimum Gasteiger partial charge on any atom is -0.507 e. The van der Waals surface area contributed by atoms with E-state index in [2.05, 4.69) is 42.7 Å². The van der Waals surface area contributed by atoms with Crippen molar-refractivity contribution in [3.63, 3.8) is 0 Å². The summed E-state index contributed by atoms with van der Waals surface area (Å²) in [5, 5.41) is 22.7. The summed E-state index contributed by atoms with van der Waals surface area (Å²) in [6.07, 6.45) is 0. The molecule has 1 amide bonds. The maximum atomic E-state index is 12.5. The summed E-state index contributed by atoms with van der Waals surface area (Å²) < 4.78 is 0. The maximum absolute atomic E-state index is 12.5. The van der Waals surface area contributed by atoms with E-state index in [0.717, 1.165) is 26.2 Å². The quantitative estimate of drug-likeness (QED) is 0.263. The van der Waals surface area contributed by atoms with Crippen molar-refractivity contribution in [1.29, 1.82) is 0 Å². The number of para-hydroxylation sites is 2. The van der Waals surface area contributed by atoms with Crippen LogP contribution < -0.4 is 10.3 Å². The molecule has 2 N–H and O–H groups in total. The molecule has 0 saturated carbocycles. The number of amides is 1. The monoisotopic (exact) mass is 442 g/mol. The van der Waals surface area contributed by atoms with Gasteiger partial charge in [-0.05, 0) is 36.4 Å². The van der Waals surface area contributed by atoms with Crippen molar-refractivity contribution in [3.8, 4) is 5.75 Å². The van der Waals surface area contributed by atoms with Crippen molar-refractivity contribution in [1.82, 2.24) is 10.3 Å². The zero-order valence-corrected chi connectivity index (χ0v) is 18.2. The molecule has 1 aliphatic rings. The van der Waals surface area contributed by atoms with Crippen molar-refractivity contribution in [3.05, 3.63) is 90.5 Å². The Labute approximate surface area is 192 Å². The Kier molecular flexibility index (Phi) is 7.40. The van der Waals surface area contributed by atoms with E-state index in [1.165, 1.54) is 11.8 Å². The first-order chi connectivity index (χ1) is 16.2. The Morgan fingerprint density at radius 2 is 1.48 bits per heavy atom. The molecule has 0 spiro atoms. The number of hydrazone groups is 1. The van der Waals surface area contributed by atoms with E-state index in [9.17, 15) is 9.90 Å². The van der Waals surface area contributed by atoms with Crippen molar-refractivity contribution >= 4 is 23.1 Å². The molecule has 0 radical (unpaired) electrons. The molecular weight excluding hydrogens is 416 g/mol. The van der Waals surface area contributed by atoms with Crippen LogP contribution in [-0.2, 0) is 4.79 Å². The summed E-state index contributed by atoms with van der Waals surface area (Å²) in [7, 11) is 0. The van der Waals surface area contributed by atoms with Gasteiger partial charge >= 0.3 is 0 Å². The van der Waals surface area contributed by atoms with Gasteiger partial charge in [0.2, 0.25) is 5.84 Å². The number of phenols is 1. The summed E-state index contributed by atoms with van der Waals surface area (Å²) in [5.74, 6) is -0.111. The van der Waals surface area contributed by atoms with Gasteiger partial charge in [0.05, 0.1) is 17.8 Å². The summed E-state index contributed by atoms with van der Waals surface area (Å²) in [6.45, 7) is 3.51. The number of aromatic hydroxyl groups is 1. The van der Waals surface area contributed by atoms with Gasteiger partial charge in [-0.25, -0.2) is 5.43 Å². The normalized spacial score (nSPS) is 15.0. The van der Waals surface area contributed by atoms with Crippen LogP contribution in [0.5, 0.6) is 5.75 Å². The van der Waals surface area contributed by atoms with Crippen LogP contribution in [0.3, 0.4) is 0 Å². The predicted octanol–water partition coefficient (Wildman–Crippen LogP) is 3.78. The number of amidine groups is 1. The number of azo groups is 1. The second-order valence-electron chi connectivity index (χ2n) is 7.62. The van der Waals surface area contributed by atoms with Crippen LogP contribution in [0.2, 0.25) is 0 Å². The van der Waals surface area contributed by atoms with E-state index < -0.39 is 0 Å². The molecule has 1 saturated heterocycles. The van der Waals surface area contributed by atoms with Crippen molar-refractivity contribution in [2.45, 2.75) is 0 Å². The number of carbonyl (C=O) groups excluding carboxylic acids is 1. The lowest BCUT2D eigenvalue weighted by molar-refractivity contribution is -0.122. The van der Waals surface area contributed by atoms with Gasteiger partial charge in [0, 0.05) is 31.9 Å². The number of nitrogens with one attached hydrogen (secondary N) is 1. The van der Waals surface area contributed by atoms with Gasteiger partial charge in [0.15, 0.2) is 0 Å². The van der Waals surface area contributed by atoms with Gasteiger partial charge in [-0.1, -0.05) is 48.5 Å². The van der Waals surface area contributed by atoms with Gasteiger partial charge in [0.25, 0.3) is 5.91 Å². The van der Waals surface area contributed by atoms with Crippen molar-refractivity contribution in [2.24, 2.45) is 15.3 Å². The highest BCUT2D eigenvalue weighted by molar-refractivity contribution is 6.02. The third-order valence-electron chi connectivity index (χ3n) is 5.31. The molecule has 1 aliphatic heterocycles. The average molecular weight is 443 g/mol. The van der Waals surface area contributed by atoms with Gasteiger partial charge in [0.1, 0.15) is 5.75 Å². The van der Waals surface area contributed by atoms with E-state index in [1.54, 1.807) is 30.3 Å². The number of carbonyl (C=O) groups is 1. The van der Waals surface area contributed by atoms with Gasteiger partial charge in [-0.2, -0.15) is 5.10 Å². The number of phenolic OH excluding ortho intramolecular Hbond substituents is 1. The van der Waals surface area contributed by atoms with E-state index >= 15 is 0 Å². The van der Waals surface area contributed by atoms with Crippen LogP contribution >= 0.6 is 0 Å². The Hall–Kier alpha value is -4.04. The van der Waals surface area contributed by atoms with E-state index in [4.69, 9.17) is 0 Å². The van der Waals surface area contributed by atoms with E-state index in [0.29, 0.717) is 11.3 Å². The summed E-state index contributed by atoms with van der Waals surface area (Å²) >= 11 is 0. The third kappa shape index (κ3) is 6.24. The van der Waals surface area contributed by atoms with Gasteiger partial charge < -0.3 is 10.0 Å². The molecule has 0 unspecified atom stereocenters. The van der Waals surface area contributed by atoms with Crippen LogP contribution in [0.25, 0.3) is 0 Å². The first-order valence-electron chi connectivity index (χ1n) is 10.8. The topological polar surface area (TPSA) is 92.9 Å². The number of piperazine rings is 1. The molecular formula is C25H26N6O2. The van der Waals surface area contributed by atoms with Crippen molar-refractivity contribution in [2.75, 3.05) is 37.6 Å². The fraction of sp³-hybridized carbons (Fsp3) is 0.200. The first kappa shape index (κ1) is 22.2. The van der Waals surface area contributed by atoms with Gasteiger partial charge in [-0.15, -0.1) is 10.2 Å². The Morgan fingerprint density at radius 1 is 0.848 bits per heavy atom. The Balaban J connectivity index is 1.38. The number of hydrogen-bond donors (Lipinski definition) is 2. The predicted molar refractivity (Wildman–Crippen MR) is 129 cm³/mol. The molecule has 0 aromatic heterocycles. The second-order valence-corrected chi connectivity index (χ2v) is 7.62. The van der Waals surface area contributed by atoms with Crippen LogP contribution in [0.4, 0.5) is 11.4 Å². The summed E-state index contributed by atoms with van der Waals surface area (Å²) in [4.78, 5) is 17.0. The minimum atomic E-state index is -0.244. The Morgan fingerprint density at radius 3 is 2.18 bits per heavy atom. The molecule has 3 aromatic carbocycles. The number of nitrogens with zero attached hydrogens (tertiary/aromatic N) is 5. The van der Waals surface area contributed by atoms with E-state index in [-0.39, 0.29) is 24.0 Å². The third-order valence-corrected chi connectivity index (χ3v) is 5.31. The van der Waals surface area contributed by atoms with Crippen LogP contribution in [0, 0.1) is 0 Å². The Bertz CT molecular complexity index is 1110. The molecule has 1 heterocycles. The lowest BCUT2D eigenvalue weighted by Crippen LogP contribution is -2.49. The first-order valence-corrected chi connectivity index (χ1v) is 10.8. The highest BCUT2D eigenvalue weighted by Gasteiger charge is 2.19.